The molecule has 0 aromatic rings. The van der Waals surface area contributed by atoms with Crippen molar-refractivity contribution in [3.05, 3.63) is 22.3 Å². The van der Waals surface area contributed by atoms with Gasteiger partial charge in [-0.3, -0.25) is 4.79 Å². The van der Waals surface area contributed by atoms with Gasteiger partial charge in [0.05, 0.1) is 6.10 Å². The Labute approximate surface area is 103 Å². The number of fused-ring (bicyclic) bond motifs is 1. The third-order valence-corrected chi connectivity index (χ3v) is 4.48. The summed E-state index contributed by atoms with van der Waals surface area (Å²) in [5.74, 6) is 0.190. The van der Waals surface area contributed by atoms with Crippen molar-refractivity contribution in [1.82, 2.24) is 0 Å². The summed E-state index contributed by atoms with van der Waals surface area (Å²) in [5, 5.41) is 10.4. The van der Waals surface area contributed by atoms with E-state index in [1.165, 1.54) is 5.57 Å². The second-order valence-corrected chi connectivity index (χ2v) is 5.95. The molecule has 2 atom stereocenters. The lowest BCUT2D eigenvalue weighted by molar-refractivity contribution is -0.117. The number of aliphatic hydroxyl groups is 1. The van der Waals surface area contributed by atoms with Crippen LogP contribution in [0.2, 0.25) is 0 Å². The van der Waals surface area contributed by atoms with Crippen LogP contribution in [-0.4, -0.2) is 17.0 Å². The van der Waals surface area contributed by atoms with Crippen LogP contribution in [0.1, 0.15) is 53.4 Å². The molecule has 94 valence electrons. The maximum absolute atomic E-state index is 12.5. The number of hydrogen-bond donors (Lipinski definition) is 1. The number of ketones is 1. The van der Waals surface area contributed by atoms with Crippen molar-refractivity contribution >= 4 is 5.78 Å². The summed E-state index contributed by atoms with van der Waals surface area (Å²) in [6, 6.07) is 0. The minimum absolute atomic E-state index is 0.190. The largest absolute Gasteiger partial charge is 0.392 e. The van der Waals surface area contributed by atoms with E-state index in [1.807, 2.05) is 20.8 Å². The van der Waals surface area contributed by atoms with E-state index in [0.29, 0.717) is 6.42 Å². The van der Waals surface area contributed by atoms with Crippen LogP contribution in [0.25, 0.3) is 0 Å². The summed E-state index contributed by atoms with van der Waals surface area (Å²) in [6.45, 7) is 8.02. The van der Waals surface area contributed by atoms with Crippen molar-refractivity contribution < 1.29 is 9.90 Å². The minimum atomic E-state index is -0.407. The highest BCUT2D eigenvalue weighted by Gasteiger charge is 2.47. The molecule has 0 aromatic heterocycles. The monoisotopic (exact) mass is 234 g/mol. The molecule has 1 N–H and O–H groups in total. The van der Waals surface area contributed by atoms with E-state index in [2.05, 4.69) is 6.92 Å². The molecule has 0 amide bonds. The van der Waals surface area contributed by atoms with E-state index in [9.17, 15) is 9.90 Å². The summed E-state index contributed by atoms with van der Waals surface area (Å²) >= 11 is 0. The van der Waals surface area contributed by atoms with Crippen LogP contribution < -0.4 is 0 Å². The second-order valence-electron chi connectivity index (χ2n) is 5.95. The maximum Gasteiger partial charge on any atom is 0.185 e. The van der Waals surface area contributed by atoms with E-state index in [1.54, 1.807) is 0 Å². The summed E-state index contributed by atoms with van der Waals surface area (Å²) in [4.78, 5) is 12.5. The van der Waals surface area contributed by atoms with Crippen LogP contribution in [0.3, 0.4) is 0 Å². The van der Waals surface area contributed by atoms with Crippen LogP contribution in [0.15, 0.2) is 22.3 Å². The fraction of sp³-hybridized carbons (Fsp3) is 0.667. The zero-order valence-electron chi connectivity index (χ0n) is 11.3. The van der Waals surface area contributed by atoms with Crippen LogP contribution in [0, 0.1) is 5.41 Å². The van der Waals surface area contributed by atoms with Gasteiger partial charge in [-0.05, 0) is 40.0 Å². The van der Waals surface area contributed by atoms with Crippen molar-refractivity contribution in [1.29, 1.82) is 0 Å². The zero-order valence-corrected chi connectivity index (χ0v) is 11.3. The summed E-state index contributed by atoms with van der Waals surface area (Å²) < 4.78 is 0. The number of Topliss-reactive ketones (excluding diaryl/α,β-unsaturated/α-hetero) is 1. The molecule has 0 radical (unpaired) electrons. The first-order valence-corrected chi connectivity index (χ1v) is 6.47. The van der Waals surface area contributed by atoms with Gasteiger partial charge >= 0.3 is 0 Å². The molecule has 0 unspecified atom stereocenters. The van der Waals surface area contributed by atoms with Crippen LogP contribution in [0.4, 0.5) is 0 Å². The van der Waals surface area contributed by atoms with E-state index in [0.717, 1.165) is 36.0 Å². The first kappa shape index (κ1) is 12.6. The lowest BCUT2D eigenvalue weighted by Crippen LogP contribution is -2.44. The van der Waals surface area contributed by atoms with Gasteiger partial charge in [-0.25, -0.2) is 0 Å². The third kappa shape index (κ3) is 1.79. The Morgan fingerprint density at radius 3 is 2.65 bits per heavy atom. The van der Waals surface area contributed by atoms with Gasteiger partial charge < -0.3 is 5.11 Å². The predicted octanol–water partition coefficient (Wildman–Crippen LogP) is 3.16. The number of carbonyl (C=O) groups is 1. The quantitative estimate of drug-likeness (QED) is 0.654. The molecule has 0 saturated heterocycles. The third-order valence-electron chi connectivity index (χ3n) is 4.48. The molecular weight excluding hydrogens is 212 g/mol. The Morgan fingerprint density at radius 1 is 1.41 bits per heavy atom. The van der Waals surface area contributed by atoms with Crippen LogP contribution in [0.5, 0.6) is 0 Å². The van der Waals surface area contributed by atoms with Gasteiger partial charge in [0.25, 0.3) is 0 Å². The predicted molar refractivity (Wildman–Crippen MR) is 68.7 cm³/mol. The van der Waals surface area contributed by atoms with E-state index in [4.69, 9.17) is 0 Å². The SMILES string of the molecule is CC(C)=C1C[C@H](O)[C@@]2(C)CCCC(C)=C2C1=O. The molecule has 2 nitrogen and oxygen atoms in total. The molecule has 2 aliphatic carbocycles. The lowest BCUT2D eigenvalue weighted by Gasteiger charge is -2.44. The average molecular weight is 234 g/mol. The van der Waals surface area contributed by atoms with Crippen LogP contribution in [-0.2, 0) is 4.79 Å². The fourth-order valence-corrected chi connectivity index (χ4v) is 3.34. The number of allylic oxidation sites excluding steroid dienone is 2. The van der Waals surface area contributed by atoms with Crippen molar-refractivity contribution in [3.63, 3.8) is 0 Å². The van der Waals surface area contributed by atoms with Crippen molar-refractivity contribution in [2.45, 2.75) is 59.5 Å². The molecule has 2 rings (SSSR count). The van der Waals surface area contributed by atoms with Gasteiger partial charge in [0.15, 0.2) is 5.78 Å². The van der Waals surface area contributed by atoms with Crippen LogP contribution >= 0.6 is 0 Å². The summed E-state index contributed by atoms with van der Waals surface area (Å²) in [6.07, 6.45) is 3.13. The first-order valence-electron chi connectivity index (χ1n) is 6.47. The highest BCUT2D eigenvalue weighted by Crippen LogP contribution is 2.49. The zero-order chi connectivity index (χ0) is 12.8. The molecule has 0 aliphatic heterocycles. The molecule has 0 spiro atoms. The highest BCUT2D eigenvalue weighted by molar-refractivity contribution is 6.11. The molecule has 1 fully saturated rings. The van der Waals surface area contributed by atoms with Gasteiger partial charge in [0.1, 0.15) is 0 Å². The van der Waals surface area contributed by atoms with Gasteiger partial charge in [-0.1, -0.05) is 18.1 Å². The number of hydrogen-bond acceptors (Lipinski definition) is 2. The topological polar surface area (TPSA) is 37.3 Å². The van der Waals surface area contributed by atoms with Crippen molar-refractivity contribution in [2.75, 3.05) is 0 Å². The average Bonchev–Trinajstić information content (AvgIpc) is 2.23. The Balaban J connectivity index is 2.58. The minimum Gasteiger partial charge on any atom is -0.392 e. The number of carbonyl (C=O) groups excluding carboxylic acids is 1. The molecular formula is C15H22O2. The van der Waals surface area contributed by atoms with E-state index < -0.39 is 6.10 Å². The molecule has 17 heavy (non-hydrogen) atoms. The first-order chi connectivity index (χ1) is 7.88. The molecule has 0 aromatic carbocycles. The van der Waals surface area contributed by atoms with Crippen molar-refractivity contribution in [3.8, 4) is 0 Å². The highest BCUT2D eigenvalue weighted by atomic mass is 16.3. The van der Waals surface area contributed by atoms with Crippen molar-refractivity contribution in [2.24, 2.45) is 5.41 Å². The fourth-order valence-electron chi connectivity index (χ4n) is 3.34. The standard InChI is InChI=1S/C15H22O2/c1-9(2)11-8-12(16)15(4)7-5-6-10(3)13(15)14(11)17/h12,16H,5-8H2,1-4H3/t12-,15+/m0/s1. The normalized spacial score (nSPS) is 33.8. The van der Waals surface area contributed by atoms with E-state index in [-0.39, 0.29) is 11.2 Å². The van der Waals surface area contributed by atoms with Gasteiger partial charge in [-0.2, -0.15) is 0 Å². The van der Waals surface area contributed by atoms with Gasteiger partial charge in [-0.15, -0.1) is 0 Å². The summed E-state index contributed by atoms with van der Waals surface area (Å²) in [7, 11) is 0. The van der Waals surface area contributed by atoms with Gasteiger partial charge in [0, 0.05) is 23.0 Å². The Hall–Kier alpha value is -0.890. The van der Waals surface area contributed by atoms with E-state index >= 15 is 0 Å². The number of aliphatic hydroxyl groups excluding tert-OH is 1. The molecule has 2 aliphatic rings. The molecule has 2 heteroatoms. The molecule has 0 heterocycles. The lowest BCUT2D eigenvalue weighted by atomic mass is 9.60. The Morgan fingerprint density at radius 2 is 2.06 bits per heavy atom. The molecule has 1 saturated carbocycles. The Kier molecular flexibility index (Phi) is 3.03. The maximum atomic E-state index is 12.5. The second kappa shape index (κ2) is 4.09. The molecule has 0 bridgehead atoms. The number of rotatable bonds is 0. The Bertz CT molecular complexity index is 424. The van der Waals surface area contributed by atoms with Gasteiger partial charge in [0.2, 0.25) is 0 Å². The summed E-state index contributed by atoms with van der Waals surface area (Å²) in [5.41, 5.74) is 3.64. The smallest absolute Gasteiger partial charge is 0.185 e.